The van der Waals surface area contributed by atoms with E-state index >= 15 is 0 Å². The Balaban J connectivity index is 2.11. The lowest BCUT2D eigenvalue weighted by Gasteiger charge is -2.50. The van der Waals surface area contributed by atoms with Gasteiger partial charge in [-0.2, -0.15) is 0 Å². The first-order valence-electron chi connectivity index (χ1n) is 5.07. The summed E-state index contributed by atoms with van der Waals surface area (Å²) in [6, 6.07) is 0. The van der Waals surface area contributed by atoms with Gasteiger partial charge in [0.2, 0.25) is 5.92 Å². The number of sulfone groups is 1. The van der Waals surface area contributed by atoms with Gasteiger partial charge in [-0.25, -0.2) is 17.2 Å². The second kappa shape index (κ2) is 3.13. The molecule has 1 aliphatic heterocycles. The molecule has 0 bridgehead atoms. The zero-order valence-corrected chi connectivity index (χ0v) is 9.19. The number of hydrogen-bond acceptors (Lipinski definition) is 3. The van der Waals surface area contributed by atoms with Gasteiger partial charge < -0.3 is 5.73 Å². The molecule has 0 aromatic heterocycles. The zero-order valence-electron chi connectivity index (χ0n) is 8.38. The maximum atomic E-state index is 12.9. The summed E-state index contributed by atoms with van der Waals surface area (Å²) < 4.78 is 48.3. The van der Waals surface area contributed by atoms with Crippen LogP contribution in [0.2, 0.25) is 0 Å². The highest BCUT2D eigenvalue weighted by Crippen LogP contribution is 2.57. The molecule has 0 aromatic carbocycles. The second-order valence-electron chi connectivity index (χ2n) is 4.88. The summed E-state index contributed by atoms with van der Waals surface area (Å²) in [5.74, 6) is -2.62. The summed E-state index contributed by atoms with van der Waals surface area (Å²) in [6.45, 7) is 0.169. The first kappa shape index (κ1) is 11.3. The Kier molecular flexibility index (Phi) is 2.35. The molecule has 3 nitrogen and oxygen atoms in total. The fourth-order valence-corrected chi connectivity index (χ4v) is 4.80. The van der Waals surface area contributed by atoms with E-state index in [0.717, 1.165) is 0 Å². The highest BCUT2D eigenvalue weighted by atomic mass is 32.2. The van der Waals surface area contributed by atoms with Crippen LogP contribution < -0.4 is 5.73 Å². The maximum absolute atomic E-state index is 12.9. The van der Waals surface area contributed by atoms with E-state index in [-0.39, 0.29) is 36.8 Å². The Morgan fingerprint density at radius 1 is 1.33 bits per heavy atom. The van der Waals surface area contributed by atoms with Crippen LogP contribution in [0.3, 0.4) is 0 Å². The average Bonchev–Trinajstić information content (AvgIpc) is 2.41. The third kappa shape index (κ3) is 1.89. The van der Waals surface area contributed by atoms with Crippen LogP contribution in [0.1, 0.15) is 19.3 Å². The van der Waals surface area contributed by atoms with Gasteiger partial charge in [0.1, 0.15) is 0 Å². The van der Waals surface area contributed by atoms with Crippen LogP contribution in [0.25, 0.3) is 0 Å². The summed E-state index contributed by atoms with van der Waals surface area (Å²) in [6.07, 6.45) is 0.0169. The molecule has 1 unspecified atom stereocenters. The molecule has 2 N–H and O–H groups in total. The van der Waals surface area contributed by atoms with Gasteiger partial charge in [-0.05, 0) is 24.3 Å². The number of halogens is 2. The summed E-state index contributed by atoms with van der Waals surface area (Å²) in [5.41, 5.74) is 4.91. The van der Waals surface area contributed by atoms with E-state index in [0.29, 0.717) is 6.42 Å². The Labute approximate surface area is 87.9 Å². The average molecular weight is 239 g/mol. The zero-order chi connectivity index (χ0) is 11.3. The smallest absolute Gasteiger partial charge is 0.249 e. The van der Waals surface area contributed by atoms with Crippen molar-refractivity contribution in [3.05, 3.63) is 0 Å². The molecule has 88 valence electrons. The van der Waals surface area contributed by atoms with Gasteiger partial charge in [0.15, 0.2) is 9.84 Å². The van der Waals surface area contributed by atoms with E-state index in [2.05, 4.69) is 0 Å². The standard InChI is InChI=1S/C9H15F2NO2S/c10-9(11)4-8(5-9,6-12)7-1-2-15(13,14)3-7/h7H,1-6,12H2. The summed E-state index contributed by atoms with van der Waals surface area (Å²) >= 11 is 0. The molecule has 1 saturated carbocycles. The lowest BCUT2D eigenvalue weighted by Crippen LogP contribution is -2.55. The number of alkyl halides is 2. The van der Waals surface area contributed by atoms with Crippen LogP contribution in [0.4, 0.5) is 8.78 Å². The van der Waals surface area contributed by atoms with E-state index in [4.69, 9.17) is 5.73 Å². The van der Waals surface area contributed by atoms with Gasteiger partial charge in [0.25, 0.3) is 0 Å². The van der Waals surface area contributed by atoms with Crippen molar-refractivity contribution in [2.45, 2.75) is 25.2 Å². The predicted molar refractivity (Wildman–Crippen MR) is 52.4 cm³/mol. The third-order valence-corrected chi connectivity index (χ3v) is 5.49. The summed E-state index contributed by atoms with van der Waals surface area (Å²) in [5, 5.41) is 0. The van der Waals surface area contributed by atoms with Crippen LogP contribution >= 0.6 is 0 Å². The van der Waals surface area contributed by atoms with Gasteiger partial charge in [-0.1, -0.05) is 0 Å². The van der Waals surface area contributed by atoms with Crippen molar-refractivity contribution in [2.24, 2.45) is 17.1 Å². The number of hydrogen-bond donors (Lipinski definition) is 1. The maximum Gasteiger partial charge on any atom is 0.249 e. The monoisotopic (exact) mass is 239 g/mol. The van der Waals surface area contributed by atoms with Crippen LogP contribution in [-0.2, 0) is 9.84 Å². The molecule has 2 aliphatic rings. The molecular formula is C9H15F2NO2S. The molecule has 1 saturated heterocycles. The molecule has 1 heterocycles. The first-order valence-corrected chi connectivity index (χ1v) is 6.89. The van der Waals surface area contributed by atoms with Crippen molar-refractivity contribution in [1.82, 2.24) is 0 Å². The topological polar surface area (TPSA) is 60.2 Å². The van der Waals surface area contributed by atoms with E-state index in [1.807, 2.05) is 0 Å². The molecule has 2 fully saturated rings. The van der Waals surface area contributed by atoms with E-state index in [9.17, 15) is 17.2 Å². The van der Waals surface area contributed by atoms with E-state index in [1.54, 1.807) is 0 Å². The number of nitrogens with two attached hydrogens (primary N) is 1. The van der Waals surface area contributed by atoms with Crippen LogP contribution in [0, 0.1) is 11.3 Å². The Bertz CT molecular complexity index is 358. The SMILES string of the molecule is NCC1(C2CCS(=O)(=O)C2)CC(F)(F)C1. The van der Waals surface area contributed by atoms with E-state index in [1.165, 1.54) is 0 Å². The lowest BCUT2D eigenvalue weighted by atomic mass is 9.59. The molecule has 1 atom stereocenters. The molecular weight excluding hydrogens is 224 g/mol. The first-order chi connectivity index (χ1) is 6.79. The van der Waals surface area contributed by atoms with Crippen molar-refractivity contribution in [1.29, 1.82) is 0 Å². The highest BCUT2D eigenvalue weighted by Gasteiger charge is 2.60. The Morgan fingerprint density at radius 3 is 2.27 bits per heavy atom. The van der Waals surface area contributed by atoms with Crippen molar-refractivity contribution in [3.63, 3.8) is 0 Å². The normalized spacial score (nSPS) is 36.1. The van der Waals surface area contributed by atoms with E-state index < -0.39 is 21.2 Å². The fraction of sp³-hybridized carbons (Fsp3) is 1.00. The number of rotatable bonds is 2. The van der Waals surface area contributed by atoms with Gasteiger partial charge >= 0.3 is 0 Å². The van der Waals surface area contributed by atoms with Gasteiger partial charge in [0, 0.05) is 12.8 Å². The van der Waals surface area contributed by atoms with Gasteiger partial charge in [0.05, 0.1) is 11.5 Å². The van der Waals surface area contributed by atoms with Crippen molar-refractivity contribution < 1.29 is 17.2 Å². The van der Waals surface area contributed by atoms with Crippen molar-refractivity contribution in [3.8, 4) is 0 Å². The minimum atomic E-state index is -3.00. The molecule has 0 amide bonds. The molecule has 2 rings (SSSR count). The molecule has 15 heavy (non-hydrogen) atoms. The molecule has 0 spiro atoms. The minimum absolute atomic E-state index is 0.0419. The van der Waals surface area contributed by atoms with Gasteiger partial charge in [-0.3, -0.25) is 0 Å². The van der Waals surface area contributed by atoms with Crippen molar-refractivity contribution >= 4 is 9.84 Å². The van der Waals surface area contributed by atoms with Crippen LogP contribution in [-0.4, -0.2) is 32.4 Å². The minimum Gasteiger partial charge on any atom is -0.330 e. The highest BCUT2D eigenvalue weighted by molar-refractivity contribution is 7.91. The van der Waals surface area contributed by atoms with Crippen LogP contribution in [0.15, 0.2) is 0 Å². The quantitative estimate of drug-likeness (QED) is 0.775. The molecule has 1 aliphatic carbocycles. The lowest BCUT2D eigenvalue weighted by molar-refractivity contribution is -0.175. The molecule has 0 radical (unpaired) electrons. The Hall–Kier alpha value is -0.230. The van der Waals surface area contributed by atoms with Gasteiger partial charge in [-0.15, -0.1) is 0 Å². The largest absolute Gasteiger partial charge is 0.330 e. The summed E-state index contributed by atoms with van der Waals surface area (Å²) in [4.78, 5) is 0. The Morgan fingerprint density at radius 2 is 1.93 bits per heavy atom. The predicted octanol–water partition coefficient (Wildman–Crippen LogP) is 0.795. The van der Waals surface area contributed by atoms with Crippen LogP contribution in [0.5, 0.6) is 0 Å². The molecule has 0 aromatic rings. The second-order valence-corrected chi connectivity index (χ2v) is 7.10. The van der Waals surface area contributed by atoms with Crippen molar-refractivity contribution in [2.75, 3.05) is 18.1 Å². The fourth-order valence-electron chi connectivity index (χ4n) is 2.86. The summed E-state index contributed by atoms with van der Waals surface area (Å²) in [7, 11) is -3.00. The third-order valence-electron chi connectivity index (χ3n) is 3.73. The molecule has 6 heteroatoms.